The largest absolute Gasteiger partial charge is 0.507 e. The third kappa shape index (κ3) is 4.51. The highest BCUT2D eigenvalue weighted by Crippen LogP contribution is 2.52. The molecular weight excluding hydrogens is 683 g/mol. The maximum absolute atomic E-state index is 13.8. The molecule has 0 fully saturated rings. The van der Waals surface area contributed by atoms with Crippen LogP contribution in [0.3, 0.4) is 0 Å². The summed E-state index contributed by atoms with van der Waals surface area (Å²) in [6.45, 7) is 0. The summed E-state index contributed by atoms with van der Waals surface area (Å²) in [5.41, 5.74) is 0.984. The maximum Gasteiger partial charge on any atom is 0.296 e. The lowest BCUT2D eigenvalue weighted by atomic mass is 9.85. The van der Waals surface area contributed by atoms with E-state index < -0.39 is 106 Å². The van der Waals surface area contributed by atoms with E-state index in [-0.39, 0.29) is 21.5 Å². The summed E-state index contributed by atoms with van der Waals surface area (Å²) >= 11 is 0. The molecule has 0 aliphatic heterocycles. The van der Waals surface area contributed by atoms with E-state index in [0.717, 1.165) is 6.07 Å². The Morgan fingerprint density at radius 3 is 1.74 bits per heavy atom. The monoisotopic (exact) mass is 701 g/mol. The van der Waals surface area contributed by atoms with E-state index >= 15 is 0 Å². The minimum atomic E-state index is -5.85. The topological polar surface area (TPSA) is 300 Å². The van der Waals surface area contributed by atoms with Gasteiger partial charge in [0.2, 0.25) is 0 Å². The number of hydrogen-bond donors (Lipinski definition) is 7. The van der Waals surface area contributed by atoms with Gasteiger partial charge in [-0.3, -0.25) is 23.2 Å². The quantitative estimate of drug-likeness (QED) is 0.0932. The minimum Gasteiger partial charge on any atom is -0.507 e. The van der Waals surface area contributed by atoms with Gasteiger partial charge in [-0.25, -0.2) is 4.99 Å². The average molecular weight is 702 g/mol. The zero-order chi connectivity index (χ0) is 34.6. The molecule has 0 radical (unpaired) electrons. The fourth-order valence-corrected chi connectivity index (χ4v) is 8.95. The Balaban J connectivity index is 1.98. The fraction of sp³-hybridized carbons (Fsp3) is 0.0714. The van der Waals surface area contributed by atoms with E-state index in [1.165, 1.54) is 42.5 Å². The van der Waals surface area contributed by atoms with E-state index in [4.69, 9.17) is 11.1 Å². The first kappa shape index (κ1) is 32.1. The van der Waals surface area contributed by atoms with Crippen molar-refractivity contribution >= 4 is 57.6 Å². The molecule has 0 saturated heterocycles. The van der Waals surface area contributed by atoms with Gasteiger partial charge in [0, 0.05) is 27.1 Å². The molecule has 16 nitrogen and oxygen atoms in total. The van der Waals surface area contributed by atoms with E-state index in [1.54, 1.807) is 0 Å². The summed E-state index contributed by atoms with van der Waals surface area (Å²) in [6.07, 6.45) is 0.303. The summed E-state index contributed by atoms with van der Waals surface area (Å²) in [6, 6.07) is 10.8. The number of benzene rings is 3. The number of nitrogens with two attached hydrogens (primary N) is 1. The Labute approximate surface area is 262 Å². The van der Waals surface area contributed by atoms with Crippen LogP contribution in [-0.4, -0.2) is 54.4 Å². The smallest absolute Gasteiger partial charge is 0.296 e. The van der Waals surface area contributed by atoms with Crippen LogP contribution in [0.1, 0.15) is 11.1 Å². The summed E-state index contributed by atoms with van der Waals surface area (Å²) < 4.78 is 107. The van der Waals surface area contributed by atoms with Crippen LogP contribution in [-0.2, 0) is 35.2 Å². The molecule has 19 heteroatoms. The zero-order valence-corrected chi connectivity index (χ0v) is 25.6. The van der Waals surface area contributed by atoms with Crippen molar-refractivity contribution < 1.29 is 49.1 Å². The van der Waals surface area contributed by atoms with E-state index in [2.05, 4.69) is 4.99 Å². The molecule has 3 aliphatic carbocycles. The molecule has 3 aromatic carbocycles. The van der Waals surface area contributed by atoms with Gasteiger partial charge in [0.15, 0.2) is 15.7 Å². The number of rotatable bonds is 4. The van der Waals surface area contributed by atoms with Gasteiger partial charge < -0.3 is 21.4 Å². The van der Waals surface area contributed by atoms with Crippen molar-refractivity contribution in [3.05, 3.63) is 113 Å². The molecule has 0 amide bonds. The van der Waals surface area contributed by atoms with Crippen LogP contribution in [0.15, 0.2) is 80.2 Å². The van der Waals surface area contributed by atoms with Crippen molar-refractivity contribution in [1.29, 1.82) is 5.41 Å². The lowest BCUT2D eigenvalue weighted by Crippen LogP contribution is -2.57. The number of nitrogens with one attached hydrogen (secondary N) is 1. The predicted octanol–water partition coefficient (Wildman–Crippen LogP) is -0.338. The first-order valence-electron chi connectivity index (χ1n) is 12.9. The SMILES string of the molecule is N=c1cc(S(=O)(=O)O)c(=NC2=CC(S(=O)(=O)O)C(N)(S(=O)(=O)O)c3c2c(O)c2ccccc2c3O)c2c(=O)c3ccccc3c(=O)c1=2. The van der Waals surface area contributed by atoms with Crippen LogP contribution < -0.4 is 27.3 Å². The summed E-state index contributed by atoms with van der Waals surface area (Å²) in [7, 11) is -17.0. The first-order valence-corrected chi connectivity index (χ1v) is 17.3. The van der Waals surface area contributed by atoms with Crippen LogP contribution in [0.4, 0.5) is 0 Å². The highest BCUT2D eigenvalue weighted by molar-refractivity contribution is 7.91. The van der Waals surface area contributed by atoms with Gasteiger partial charge in [0.05, 0.1) is 32.4 Å². The molecule has 2 atom stereocenters. The van der Waals surface area contributed by atoms with Crippen molar-refractivity contribution in [2.24, 2.45) is 10.7 Å². The Hall–Kier alpha value is -4.89. The number of phenols is 2. The van der Waals surface area contributed by atoms with Crippen molar-refractivity contribution in [3.63, 3.8) is 0 Å². The maximum atomic E-state index is 13.8. The molecule has 6 rings (SSSR count). The van der Waals surface area contributed by atoms with E-state index in [9.17, 15) is 58.7 Å². The second kappa shape index (κ2) is 10.1. The van der Waals surface area contributed by atoms with Gasteiger partial charge in [-0.2, -0.15) is 25.3 Å². The molecule has 47 heavy (non-hydrogen) atoms. The van der Waals surface area contributed by atoms with Crippen LogP contribution in [0.2, 0.25) is 0 Å². The summed E-state index contributed by atoms with van der Waals surface area (Å²) in [5, 5.41) is 23.8. The molecule has 0 saturated carbocycles. The molecule has 0 bridgehead atoms. The normalized spacial score (nSPS) is 19.3. The summed E-state index contributed by atoms with van der Waals surface area (Å²) in [4.78, 5) is 26.4. The van der Waals surface area contributed by atoms with Crippen LogP contribution >= 0.6 is 0 Å². The van der Waals surface area contributed by atoms with Crippen LogP contribution in [0.25, 0.3) is 27.2 Å². The third-order valence-electron chi connectivity index (χ3n) is 7.93. The number of hydrogen-bond acceptors (Lipinski definition) is 13. The van der Waals surface area contributed by atoms with Crippen molar-refractivity contribution in [1.82, 2.24) is 0 Å². The number of fused-ring (bicyclic) bond motifs is 3. The van der Waals surface area contributed by atoms with Gasteiger partial charge >= 0.3 is 0 Å². The Bertz CT molecular complexity index is 2940. The van der Waals surface area contributed by atoms with Gasteiger partial charge in [0.25, 0.3) is 30.4 Å². The lowest BCUT2D eigenvalue weighted by Gasteiger charge is -2.37. The zero-order valence-electron chi connectivity index (χ0n) is 23.1. The Morgan fingerprint density at radius 1 is 0.766 bits per heavy atom. The van der Waals surface area contributed by atoms with E-state index in [1.807, 2.05) is 0 Å². The first-order chi connectivity index (χ1) is 21.7. The van der Waals surface area contributed by atoms with Gasteiger partial charge in [-0.05, 0) is 12.1 Å². The Morgan fingerprint density at radius 2 is 1.26 bits per heavy atom. The lowest BCUT2D eigenvalue weighted by molar-refractivity contribution is 0.393. The van der Waals surface area contributed by atoms with Gasteiger partial charge in [-0.1, -0.05) is 48.5 Å². The highest BCUT2D eigenvalue weighted by atomic mass is 32.2. The number of phenolic OH excluding ortho intramolecular Hbond substituents is 2. The molecule has 0 aromatic heterocycles. The third-order valence-corrected chi connectivity index (χ3v) is 11.4. The molecule has 3 aliphatic rings. The van der Waals surface area contributed by atoms with Gasteiger partial charge in [0.1, 0.15) is 21.6 Å². The fourth-order valence-electron chi connectivity index (χ4n) is 5.88. The molecule has 3 aromatic rings. The average Bonchev–Trinajstić information content (AvgIpc) is 2.98. The highest BCUT2D eigenvalue weighted by Gasteiger charge is 2.58. The molecule has 0 spiro atoms. The molecular formula is C28H19N3O13S3. The van der Waals surface area contributed by atoms with Crippen LogP contribution in [0, 0.1) is 15.8 Å². The molecule has 0 heterocycles. The predicted molar refractivity (Wildman–Crippen MR) is 163 cm³/mol. The second-order valence-corrected chi connectivity index (χ2v) is 15.1. The summed E-state index contributed by atoms with van der Waals surface area (Å²) in [5.74, 6) is -2.05. The standard InChI is InChI=1S/C28H19N3O13S3/c29-15-9-17(45(36,37)38)23(21-19(15)24(32)11-5-1-2-6-12(11)26(21)34)31-16-10-18(46(39,40)41)28(30,47(42,43)44)22-20(16)25(33)13-7-3-4-8-14(13)27(22)35/h1-10,18,29,33,35H,30H2,(H,36,37,38)(H,39,40,41)(H,42,43,44). The Kier molecular flexibility index (Phi) is 6.86. The number of nitrogens with zero attached hydrogens (tertiary/aromatic N) is 1. The second-order valence-electron chi connectivity index (χ2n) is 10.6. The van der Waals surface area contributed by atoms with Crippen molar-refractivity contribution in [2.45, 2.75) is 15.0 Å². The minimum absolute atomic E-state index is 0.159. The van der Waals surface area contributed by atoms with E-state index in [0.29, 0.717) is 12.1 Å². The molecule has 242 valence electrons. The van der Waals surface area contributed by atoms with Crippen molar-refractivity contribution in [2.75, 3.05) is 0 Å². The molecule has 8 N–H and O–H groups in total. The van der Waals surface area contributed by atoms with Crippen LogP contribution in [0.5, 0.6) is 11.5 Å². The van der Waals surface area contributed by atoms with Gasteiger partial charge in [-0.15, -0.1) is 0 Å². The number of aromatic hydroxyl groups is 2. The van der Waals surface area contributed by atoms with Crippen molar-refractivity contribution in [3.8, 4) is 11.5 Å². The molecule has 2 unspecified atom stereocenters.